The largest absolute Gasteiger partial charge is 0.326 e. The summed E-state index contributed by atoms with van der Waals surface area (Å²) in [5.41, 5.74) is 5.66. The molecule has 1 unspecified atom stereocenters. The first-order valence-electron chi connectivity index (χ1n) is 9.46. The summed E-state index contributed by atoms with van der Waals surface area (Å²) in [6.07, 6.45) is 7.52. The van der Waals surface area contributed by atoms with Crippen LogP contribution >= 0.6 is 11.6 Å². The van der Waals surface area contributed by atoms with Crippen molar-refractivity contribution in [1.82, 2.24) is 14.5 Å². The van der Waals surface area contributed by atoms with E-state index in [-0.39, 0.29) is 6.04 Å². The number of halogens is 1. The van der Waals surface area contributed by atoms with E-state index in [1.807, 2.05) is 36.9 Å². The highest BCUT2D eigenvalue weighted by atomic mass is 35.5. The lowest BCUT2D eigenvalue weighted by Gasteiger charge is -2.21. The molecule has 0 aliphatic rings. The molecule has 0 N–H and O–H groups in total. The van der Waals surface area contributed by atoms with Gasteiger partial charge < -0.3 is 4.57 Å². The van der Waals surface area contributed by atoms with E-state index < -0.39 is 0 Å². The number of fused-ring (bicyclic) bond motifs is 1. The third kappa shape index (κ3) is 3.41. The summed E-state index contributed by atoms with van der Waals surface area (Å²) in [6, 6.07) is 27.0. The van der Waals surface area contributed by atoms with Gasteiger partial charge in [0.15, 0.2) is 0 Å². The second kappa shape index (κ2) is 7.53. The van der Waals surface area contributed by atoms with Crippen LogP contribution in [0.25, 0.3) is 22.0 Å². The predicted molar refractivity (Wildman–Crippen MR) is 118 cm³/mol. The van der Waals surface area contributed by atoms with Crippen molar-refractivity contribution in [2.24, 2.45) is 0 Å². The molecule has 5 rings (SSSR count). The zero-order chi connectivity index (χ0) is 19.6. The van der Waals surface area contributed by atoms with Gasteiger partial charge in [-0.1, -0.05) is 60.1 Å². The maximum atomic E-state index is 6.13. The van der Waals surface area contributed by atoms with Gasteiger partial charge in [-0.2, -0.15) is 0 Å². The van der Waals surface area contributed by atoms with Crippen molar-refractivity contribution in [1.29, 1.82) is 0 Å². The first kappa shape index (κ1) is 17.7. The molecular weight excluding hydrogens is 378 g/mol. The van der Waals surface area contributed by atoms with E-state index in [1.54, 1.807) is 6.20 Å². The fourth-order valence-electron chi connectivity index (χ4n) is 3.81. The topological polar surface area (TPSA) is 30.7 Å². The molecule has 0 radical (unpaired) electrons. The van der Waals surface area contributed by atoms with E-state index in [0.717, 1.165) is 21.5 Å². The Morgan fingerprint density at radius 2 is 1.59 bits per heavy atom. The van der Waals surface area contributed by atoms with Crippen LogP contribution in [0.2, 0.25) is 5.02 Å². The number of imidazole rings is 1. The maximum absolute atomic E-state index is 6.13. The van der Waals surface area contributed by atoms with Crippen LogP contribution in [0, 0.1) is 0 Å². The van der Waals surface area contributed by atoms with Gasteiger partial charge in [-0.05, 0) is 52.6 Å². The normalized spacial score (nSPS) is 12.2. The lowest BCUT2D eigenvalue weighted by Crippen LogP contribution is -2.10. The lowest BCUT2D eigenvalue weighted by molar-refractivity contribution is 0.677. The summed E-state index contributed by atoms with van der Waals surface area (Å²) in [6.45, 7) is 0. The highest BCUT2D eigenvalue weighted by Gasteiger charge is 2.17. The van der Waals surface area contributed by atoms with Crippen LogP contribution in [0.5, 0.6) is 0 Å². The minimum absolute atomic E-state index is 0.00277. The number of rotatable bonds is 4. The van der Waals surface area contributed by atoms with Crippen LogP contribution in [0.15, 0.2) is 104 Å². The fraction of sp³-hybridized carbons (Fsp3) is 0.0400. The van der Waals surface area contributed by atoms with Crippen molar-refractivity contribution in [2.45, 2.75) is 6.04 Å². The maximum Gasteiger partial charge on any atom is 0.0954 e. The molecule has 140 valence electrons. The second-order valence-corrected chi connectivity index (χ2v) is 7.40. The molecule has 2 heterocycles. The second-order valence-electron chi connectivity index (χ2n) is 6.97. The van der Waals surface area contributed by atoms with Gasteiger partial charge in [0.2, 0.25) is 0 Å². The summed E-state index contributed by atoms with van der Waals surface area (Å²) in [5, 5.41) is 1.86. The Kier molecular flexibility index (Phi) is 4.59. The predicted octanol–water partition coefficient (Wildman–Crippen LogP) is 6.39. The van der Waals surface area contributed by atoms with Gasteiger partial charge in [0.1, 0.15) is 0 Å². The molecule has 4 heteroatoms. The Bertz CT molecular complexity index is 1250. The molecule has 0 fully saturated rings. The Morgan fingerprint density at radius 1 is 0.793 bits per heavy atom. The number of hydrogen-bond acceptors (Lipinski definition) is 2. The molecule has 5 aromatic rings. The molecule has 29 heavy (non-hydrogen) atoms. The van der Waals surface area contributed by atoms with Crippen LogP contribution in [0.1, 0.15) is 17.2 Å². The molecule has 0 aliphatic carbocycles. The van der Waals surface area contributed by atoms with Gasteiger partial charge in [-0.3, -0.25) is 4.98 Å². The fourth-order valence-corrected chi connectivity index (χ4v) is 3.93. The number of hydrogen-bond donors (Lipinski definition) is 0. The summed E-state index contributed by atoms with van der Waals surface area (Å²) < 4.78 is 2.11. The zero-order valence-electron chi connectivity index (χ0n) is 15.6. The highest BCUT2D eigenvalue weighted by molar-refractivity contribution is 6.30. The average molecular weight is 396 g/mol. The minimum Gasteiger partial charge on any atom is -0.326 e. The van der Waals surface area contributed by atoms with Gasteiger partial charge in [0.05, 0.1) is 17.9 Å². The van der Waals surface area contributed by atoms with E-state index in [9.17, 15) is 0 Å². The van der Waals surface area contributed by atoms with E-state index in [1.165, 1.54) is 16.7 Å². The highest BCUT2D eigenvalue weighted by Crippen LogP contribution is 2.33. The Balaban J connectivity index is 1.71. The van der Waals surface area contributed by atoms with Gasteiger partial charge in [0, 0.05) is 29.0 Å². The Labute approximate surface area is 174 Å². The molecule has 0 saturated carbocycles. The molecule has 0 amide bonds. The van der Waals surface area contributed by atoms with Crippen molar-refractivity contribution in [3.8, 4) is 11.1 Å². The van der Waals surface area contributed by atoms with Gasteiger partial charge in [-0.25, -0.2) is 4.98 Å². The summed E-state index contributed by atoms with van der Waals surface area (Å²) in [5.74, 6) is 0. The molecule has 1 atom stereocenters. The minimum atomic E-state index is 0.00277. The smallest absolute Gasteiger partial charge is 0.0954 e. The van der Waals surface area contributed by atoms with E-state index in [2.05, 4.69) is 75.2 Å². The monoisotopic (exact) mass is 395 g/mol. The molecular formula is C25H18ClN3. The van der Waals surface area contributed by atoms with Crippen molar-refractivity contribution in [3.05, 3.63) is 120 Å². The number of pyridine rings is 1. The molecule has 3 aromatic carbocycles. The first-order valence-corrected chi connectivity index (χ1v) is 9.84. The van der Waals surface area contributed by atoms with E-state index in [0.29, 0.717) is 0 Å². The molecule has 0 spiro atoms. The molecule has 2 aromatic heterocycles. The molecule has 3 nitrogen and oxygen atoms in total. The quantitative estimate of drug-likeness (QED) is 0.353. The van der Waals surface area contributed by atoms with Gasteiger partial charge >= 0.3 is 0 Å². The third-order valence-corrected chi connectivity index (χ3v) is 5.43. The van der Waals surface area contributed by atoms with Crippen molar-refractivity contribution >= 4 is 22.5 Å². The number of aromatic nitrogens is 3. The van der Waals surface area contributed by atoms with Crippen molar-refractivity contribution < 1.29 is 0 Å². The number of benzene rings is 3. The molecule has 0 bridgehead atoms. The third-order valence-electron chi connectivity index (χ3n) is 5.17. The van der Waals surface area contributed by atoms with Gasteiger partial charge in [-0.15, -0.1) is 0 Å². The van der Waals surface area contributed by atoms with Crippen LogP contribution < -0.4 is 0 Å². The standard InChI is InChI=1S/C25H18ClN3/c26-21-9-6-19(7-10-21)25(29-15-14-27-17-29)20-8-11-24-23(16-20)22(12-13-28-24)18-4-2-1-3-5-18/h1-17,25H. The average Bonchev–Trinajstić information content (AvgIpc) is 3.30. The van der Waals surface area contributed by atoms with E-state index in [4.69, 9.17) is 11.6 Å². The lowest BCUT2D eigenvalue weighted by atomic mass is 9.94. The molecule has 0 aliphatic heterocycles. The SMILES string of the molecule is Clc1ccc(C(c2ccc3nccc(-c4ccccc4)c3c2)n2ccnc2)cc1. The molecule has 0 saturated heterocycles. The number of nitrogens with zero attached hydrogens (tertiary/aromatic N) is 3. The Morgan fingerprint density at radius 3 is 2.34 bits per heavy atom. The summed E-state index contributed by atoms with van der Waals surface area (Å²) in [4.78, 5) is 8.84. The van der Waals surface area contributed by atoms with E-state index >= 15 is 0 Å². The van der Waals surface area contributed by atoms with Crippen LogP contribution in [0.4, 0.5) is 0 Å². The zero-order valence-corrected chi connectivity index (χ0v) is 16.4. The van der Waals surface area contributed by atoms with Crippen LogP contribution in [-0.4, -0.2) is 14.5 Å². The van der Waals surface area contributed by atoms with Gasteiger partial charge in [0.25, 0.3) is 0 Å². The van der Waals surface area contributed by atoms with Crippen molar-refractivity contribution in [2.75, 3.05) is 0 Å². The van der Waals surface area contributed by atoms with Crippen LogP contribution in [-0.2, 0) is 0 Å². The summed E-state index contributed by atoms with van der Waals surface area (Å²) >= 11 is 6.13. The summed E-state index contributed by atoms with van der Waals surface area (Å²) in [7, 11) is 0. The Hall–Kier alpha value is -3.43. The van der Waals surface area contributed by atoms with Crippen molar-refractivity contribution in [3.63, 3.8) is 0 Å². The van der Waals surface area contributed by atoms with Crippen LogP contribution in [0.3, 0.4) is 0 Å². The first-order chi connectivity index (χ1) is 14.3.